The number of fused-ring (bicyclic) bond motifs is 1. The Morgan fingerprint density at radius 2 is 2.00 bits per heavy atom. The summed E-state index contributed by atoms with van der Waals surface area (Å²) < 4.78 is 5.85. The molecule has 3 heterocycles. The molecule has 4 rings (SSSR count). The summed E-state index contributed by atoms with van der Waals surface area (Å²) in [6, 6.07) is 15.4. The molecule has 3 aromatic rings. The number of amides is 1. The standard InChI is InChI=1S/C21H22N4O2/c1-24(2)20-13-16(15-7-3-4-8-17(15)23-20)21(26)25-11-12-27-19(14-25)18-9-5-6-10-22-18/h3-10,13,19H,11-12,14H2,1-2H3. The lowest BCUT2D eigenvalue weighted by atomic mass is 10.1. The molecule has 1 unspecified atom stereocenters. The van der Waals surface area contributed by atoms with Gasteiger partial charge in [-0.1, -0.05) is 24.3 Å². The van der Waals surface area contributed by atoms with Crippen molar-refractivity contribution in [3.63, 3.8) is 0 Å². The van der Waals surface area contributed by atoms with Gasteiger partial charge in [-0.2, -0.15) is 0 Å². The summed E-state index contributed by atoms with van der Waals surface area (Å²) in [6.07, 6.45) is 1.55. The van der Waals surface area contributed by atoms with Crippen molar-refractivity contribution >= 4 is 22.6 Å². The molecule has 1 saturated heterocycles. The number of ether oxygens (including phenoxy) is 1. The number of benzene rings is 1. The van der Waals surface area contributed by atoms with Crippen molar-refractivity contribution in [3.8, 4) is 0 Å². The molecule has 1 fully saturated rings. The average molecular weight is 362 g/mol. The van der Waals surface area contributed by atoms with Gasteiger partial charge in [0, 0.05) is 32.2 Å². The minimum absolute atomic E-state index is 0.000862. The van der Waals surface area contributed by atoms with E-state index in [4.69, 9.17) is 4.74 Å². The Bertz CT molecular complexity index is 959. The van der Waals surface area contributed by atoms with Gasteiger partial charge in [0.15, 0.2) is 0 Å². The Hall–Kier alpha value is -2.99. The van der Waals surface area contributed by atoms with Crippen LogP contribution in [0.2, 0.25) is 0 Å². The molecule has 1 aliphatic heterocycles. The van der Waals surface area contributed by atoms with E-state index in [1.54, 1.807) is 6.20 Å². The summed E-state index contributed by atoms with van der Waals surface area (Å²) in [5.74, 6) is 0.771. The van der Waals surface area contributed by atoms with Crippen LogP contribution >= 0.6 is 0 Å². The predicted octanol–water partition coefficient (Wildman–Crippen LogP) is 2.91. The molecule has 1 atom stereocenters. The molecule has 6 nitrogen and oxygen atoms in total. The molecule has 0 N–H and O–H groups in total. The number of carbonyl (C=O) groups excluding carboxylic acids is 1. The number of aromatic nitrogens is 2. The van der Waals surface area contributed by atoms with Gasteiger partial charge < -0.3 is 14.5 Å². The zero-order chi connectivity index (χ0) is 18.8. The number of para-hydroxylation sites is 1. The molecule has 1 aliphatic rings. The maximum absolute atomic E-state index is 13.4. The highest BCUT2D eigenvalue weighted by Crippen LogP contribution is 2.26. The zero-order valence-corrected chi connectivity index (χ0v) is 15.5. The molecule has 1 amide bonds. The van der Waals surface area contributed by atoms with Crippen molar-refractivity contribution in [1.29, 1.82) is 0 Å². The molecule has 138 valence electrons. The Labute approximate surface area is 158 Å². The highest BCUT2D eigenvalue weighted by Gasteiger charge is 2.28. The molecule has 0 aliphatic carbocycles. The van der Waals surface area contributed by atoms with Gasteiger partial charge in [-0.3, -0.25) is 9.78 Å². The van der Waals surface area contributed by atoms with Crippen LogP contribution in [0.3, 0.4) is 0 Å². The van der Waals surface area contributed by atoms with Crippen LogP contribution in [0.5, 0.6) is 0 Å². The first-order valence-corrected chi connectivity index (χ1v) is 9.02. The first kappa shape index (κ1) is 17.4. The molecule has 0 bridgehead atoms. The van der Waals surface area contributed by atoms with Gasteiger partial charge >= 0.3 is 0 Å². The molecule has 27 heavy (non-hydrogen) atoms. The number of hydrogen-bond donors (Lipinski definition) is 0. The fraction of sp³-hybridized carbons (Fsp3) is 0.286. The molecule has 0 saturated carbocycles. The summed E-state index contributed by atoms with van der Waals surface area (Å²) in [7, 11) is 3.86. The molecular formula is C21H22N4O2. The van der Waals surface area contributed by atoms with Crippen molar-refractivity contribution < 1.29 is 9.53 Å². The molecule has 0 radical (unpaired) electrons. The van der Waals surface area contributed by atoms with E-state index in [1.165, 1.54) is 0 Å². The first-order chi connectivity index (χ1) is 13.1. The minimum atomic E-state index is -0.203. The fourth-order valence-corrected chi connectivity index (χ4v) is 3.32. The predicted molar refractivity (Wildman–Crippen MR) is 105 cm³/mol. The van der Waals surface area contributed by atoms with Crippen LogP contribution in [-0.4, -0.2) is 54.6 Å². The number of hydrogen-bond acceptors (Lipinski definition) is 5. The molecule has 2 aromatic heterocycles. The quantitative estimate of drug-likeness (QED) is 0.717. The number of carbonyl (C=O) groups is 1. The van der Waals surface area contributed by atoms with Gasteiger partial charge in [0.05, 0.1) is 29.9 Å². The van der Waals surface area contributed by atoms with E-state index in [0.717, 1.165) is 22.4 Å². The van der Waals surface area contributed by atoms with E-state index in [0.29, 0.717) is 25.3 Å². The van der Waals surface area contributed by atoms with Crippen molar-refractivity contribution in [2.24, 2.45) is 0 Å². The Balaban J connectivity index is 1.68. The van der Waals surface area contributed by atoms with Gasteiger partial charge in [-0.05, 0) is 24.3 Å². The van der Waals surface area contributed by atoms with Crippen LogP contribution in [0.25, 0.3) is 10.9 Å². The van der Waals surface area contributed by atoms with Gasteiger partial charge in [-0.25, -0.2) is 4.98 Å². The lowest BCUT2D eigenvalue weighted by Gasteiger charge is -2.33. The van der Waals surface area contributed by atoms with Gasteiger partial charge in [0.2, 0.25) is 0 Å². The topological polar surface area (TPSA) is 58.6 Å². The highest BCUT2D eigenvalue weighted by atomic mass is 16.5. The van der Waals surface area contributed by atoms with Crippen LogP contribution < -0.4 is 4.90 Å². The van der Waals surface area contributed by atoms with E-state index in [-0.39, 0.29) is 12.0 Å². The van der Waals surface area contributed by atoms with E-state index < -0.39 is 0 Å². The van der Waals surface area contributed by atoms with E-state index in [2.05, 4.69) is 9.97 Å². The highest BCUT2D eigenvalue weighted by molar-refractivity contribution is 6.07. The summed E-state index contributed by atoms with van der Waals surface area (Å²) in [4.78, 5) is 26.2. The molecular weight excluding hydrogens is 340 g/mol. The lowest BCUT2D eigenvalue weighted by molar-refractivity contribution is -0.0246. The summed E-state index contributed by atoms with van der Waals surface area (Å²) in [5, 5.41) is 0.869. The second-order valence-corrected chi connectivity index (χ2v) is 6.80. The lowest BCUT2D eigenvalue weighted by Crippen LogP contribution is -2.42. The van der Waals surface area contributed by atoms with Gasteiger partial charge in [0.25, 0.3) is 5.91 Å². The number of anilines is 1. The SMILES string of the molecule is CN(C)c1cc(C(=O)N2CCOC(c3ccccn3)C2)c2ccccc2n1. The monoisotopic (exact) mass is 362 g/mol. The van der Waals surface area contributed by atoms with Crippen molar-refractivity contribution in [3.05, 3.63) is 66.0 Å². The molecule has 0 spiro atoms. The van der Waals surface area contributed by atoms with Crippen molar-refractivity contribution in [2.75, 3.05) is 38.7 Å². The van der Waals surface area contributed by atoms with E-state index in [1.807, 2.05) is 72.4 Å². The Kier molecular flexibility index (Phi) is 4.73. The van der Waals surface area contributed by atoms with E-state index >= 15 is 0 Å². The Morgan fingerprint density at radius 3 is 2.78 bits per heavy atom. The zero-order valence-electron chi connectivity index (χ0n) is 15.5. The Morgan fingerprint density at radius 1 is 1.19 bits per heavy atom. The summed E-state index contributed by atoms with van der Waals surface area (Å²) in [6.45, 7) is 1.55. The normalized spacial score (nSPS) is 17.1. The van der Waals surface area contributed by atoms with Crippen LogP contribution in [0, 0.1) is 0 Å². The first-order valence-electron chi connectivity index (χ1n) is 9.02. The largest absolute Gasteiger partial charge is 0.368 e. The molecule has 6 heteroatoms. The third-order valence-corrected chi connectivity index (χ3v) is 4.76. The van der Waals surface area contributed by atoms with Crippen molar-refractivity contribution in [2.45, 2.75) is 6.10 Å². The molecule has 1 aromatic carbocycles. The number of pyridine rings is 2. The van der Waals surface area contributed by atoms with Crippen molar-refractivity contribution in [1.82, 2.24) is 14.9 Å². The summed E-state index contributed by atoms with van der Waals surface area (Å²) in [5.41, 5.74) is 2.34. The van der Waals surface area contributed by atoms with Gasteiger partial charge in [0.1, 0.15) is 11.9 Å². The smallest absolute Gasteiger partial charge is 0.254 e. The van der Waals surface area contributed by atoms with Crippen LogP contribution in [0.4, 0.5) is 5.82 Å². The second kappa shape index (κ2) is 7.32. The number of morpholine rings is 1. The van der Waals surface area contributed by atoms with Gasteiger partial charge in [-0.15, -0.1) is 0 Å². The fourth-order valence-electron chi connectivity index (χ4n) is 3.32. The maximum atomic E-state index is 13.4. The number of nitrogens with zero attached hydrogens (tertiary/aromatic N) is 4. The summed E-state index contributed by atoms with van der Waals surface area (Å²) >= 11 is 0. The maximum Gasteiger partial charge on any atom is 0.254 e. The third kappa shape index (κ3) is 3.48. The minimum Gasteiger partial charge on any atom is -0.368 e. The van der Waals surface area contributed by atoms with Crippen LogP contribution in [0.15, 0.2) is 54.7 Å². The average Bonchev–Trinajstić information content (AvgIpc) is 2.73. The third-order valence-electron chi connectivity index (χ3n) is 4.76. The van der Waals surface area contributed by atoms with E-state index in [9.17, 15) is 4.79 Å². The second-order valence-electron chi connectivity index (χ2n) is 6.80. The number of rotatable bonds is 3. The van der Waals surface area contributed by atoms with Crippen LogP contribution in [0.1, 0.15) is 22.2 Å². The van der Waals surface area contributed by atoms with Crippen LogP contribution in [-0.2, 0) is 4.74 Å².